The lowest BCUT2D eigenvalue weighted by molar-refractivity contribution is 0.0972. The molecule has 0 bridgehead atoms. The molecule has 1 aliphatic rings. The maximum atomic E-state index is 11.6. The number of fused-ring (bicyclic) bond motifs is 1. The Morgan fingerprint density at radius 1 is 1.31 bits per heavy atom. The number of ketones is 1. The smallest absolute Gasteiger partial charge is 0.163 e. The van der Waals surface area contributed by atoms with Crippen molar-refractivity contribution in [2.75, 3.05) is 5.73 Å². The lowest BCUT2D eigenvalue weighted by Gasteiger charge is -2.17. The fourth-order valence-electron chi connectivity index (χ4n) is 2.05. The molecule has 0 aliphatic heterocycles. The summed E-state index contributed by atoms with van der Waals surface area (Å²) < 4.78 is 0. The van der Waals surface area contributed by atoms with E-state index in [0.29, 0.717) is 6.42 Å². The minimum Gasteiger partial charge on any atom is -0.399 e. The molecule has 13 heavy (non-hydrogen) atoms. The van der Waals surface area contributed by atoms with Crippen molar-refractivity contribution in [2.24, 2.45) is 0 Å². The average Bonchev–Trinajstić information content (AvgIpc) is 2.02. The predicted octanol–water partition coefficient (Wildman–Crippen LogP) is 2.10. The Kier molecular flexibility index (Phi) is 1.83. The van der Waals surface area contributed by atoms with Crippen LogP contribution in [0, 0.1) is 6.92 Å². The van der Waals surface area contributed by atoms with E-state index in [1.165, 1.54) is 0 Å². The summed E-state index contributed by atoms with van der Waals surface area (Å²) in [5, 5.41) is 0. The fourth-order valence-corrected chi connectivity index (χ4v) is 2.05. The highest BCUT2D eigenvalue weighted by molar-refractivity contribution is 6.00. The SMILES string of the molecule is Cc1cc(N)cc2c1C(=O)CCC2. The van der Waals surface area contributed by atoms with E-state index in [0.717, 1.165) is 35.2 Å². The second-order valence-electron chi connectivity index (χ2n) is 3.65. The second kappa shape index (κ2) is 2.87. The third-order valence-electron chi connectivity index (χ3n) is 2.57. The molecule has 2 N–H and O–H groups in total. The zero-order valence-electron chi connectivity index (χ0n) is 7.76. The summed E-state index contributed by atoms with van der Waals surface area (Å²) in [6, 6.07) is 3.81. The third-order valence-corrected chi connectivity index (χ3v) is 2.57. The van der Waals surface area contributed by atoms with Crippen LogP contribution < -0.4 is 5.73 Å². The van der Waals surface area contributed by atoms with Crippen molar-refractivity contribution in [1.82, 2.24) is 0 Å². The van der Waals surface area contributed by atoms with Gasteiger partial charge in [-0.3, -0.25) is 4.79 Å². The summed E-state index contributed by atoms with van der Waals surface area (Å²) in [4.78, 5) is 11.6. The molecule has 0 aromatic heterocycles. The molecular formula is C11H13NO. The number of benzene rings is 1. The summed E-state index contributed by atoms with van der Waals surface area (Å²) in [5.74, 6) is 0.277. The molecule has 0 atom stereocenters. The van der Waals surface area contributed by atoms with Crippen molar-refractivity contribution in [1.29, 1.82) is 0 Å². The van der Waals surface area contributed by atoms with Gasteiger partial charge in [0.05, 0.1) is 0 Å². The van der Waals surface area contributed by atoms with Gasteiger partial charge in [0.25, 0.3) is 0 Å². The zero-order valence-corrected chi connectivity index (χ0v) is 7.76. The number of carbonyl (C=O) groups is 1. The van der Waals surface area contributed by atoms with Gasteiger partial charge in [0.1, 0.15) is 0 Å². The van der Waals surface area contributed by atoms with Crippen LogP contribution in [-0.4, -0.2) is 5.78 Å². The van der Waals surface area contributed by atoms with Crippen LogP contribution in [0.4, 0.5) is 5.69 Å². The Bertz CT molecular complexity index is 369. The van der Waals surface area contributed by atoms with E-state index in [4.69, 9.17) is 5.73 Å². The van der Waals surface area contributed by atoms with Crippen molar-refractivity contribution in [3.05, 3.63) is 28.8 Å². The molecule has 0 unspecified atom stereocenters. The number of nitrogens with two attached hydrogens (primary N) is 1. The van der Waals surface area contributed by atoms with Gasteiger partial charge in [-0.25, -0.2) is 0 Å². The first-order valence-corrected chi connectivity index (χ1v) is 4.60. The van der Waals surface area contributed by atoms with E-state index in [9.17, 15) is 4.79 Å². The molecule has 1 aromatic rings. The molecule has 2 nitrogen and oxygen atoms in total. The molecule has 1 aliphatic carbocycles. The Morgan fingerprint density at radius 3 is 2.85 bits per heavy atom. The highest BCUT2D eigenvalue weighted by Gasteiger charge is 2.19. The van der Waals surface area contributed by atoms with Crippen LogP contribution in [0.15, 0.2) is 12.1 Å². The van der Waals surface area contributed by atoms with Crippen LogP contribution in [-0.2, 0) is 6.42 Å². The molecule has 1 aromatic carbocycles. The van der Waals surface area contributed by atoms with Crippen molar-refractivity contribution in [3.8, 4) is 0 Å². The normalized spacial score (nSPS) is 15.6. The molecule has 2 heteroatoms. The molecule has 0 fully saturated rings. The predicted molar refractivity (Wildman–Crippen MR) is 52.9 cm³/mol. The van der Waals surface area contributed by atoms with Crippen LogP contribution >= 0.6 is 0 Å². The number of Topliss-reactive ketones (excluding diaryl/α,β-unsaturated/α-hetero) is 1. The van der Waals surface area contributed by atoms with E-state index in [1.807, 2.05) is 19.1 Å². The monoisotopic (exact) mass is 175 g/mol. The Hall–Kier alpha value is -1.31. The lowest BCUT2D eigenvalue weighted by Crippen LogP contribution is -2.13. The van der Waals surface area contributed by atoms with Crippen LogP contribution in [0.2, 0.25) is 0 Å². The summed E-state index contributed by atoms with van der Waals surface area (Å²) in [7, 11) is 0. The molecule has 68 valence electrons. The molecule has 0 spiro atoms. The van der Waals surface area contributed by atoms with Gasteiger partial charge in [0, 0.05) is 17.7 Å². The number of carbonyl (C=O) groups excluding carboxylic acids is 1. The molecule has 0 saturated carbocycles. The number of hydrogen-bond acceptors (Lipinski definition) is 2. The van der Waals surface area contributed by atoms with E-state index >= 15 is 0 Å². The maximum absolute atomic E-state index is 11.6. The van der Waals surface area contributed by atoms with Crippen LogP contribution in [0.25, 0.3) is 0 Å². The third kappa shape index (κ3) is 1.32. The number of hydrogen-bond donors (Lipinski definition) is 1. The number of rotatable bonds is 0. The van der Waals surface area contributed by atoms with Crippen LogP contribution in [0.3, 0.4) is 0 Å². The first-order valence-electron chi connectivity index (χ1n) is 4.60. The van der Waals surface area contributed by atoms with Crippen molar-refractivity contribution in [3.63, 3.8) is 0 Å². The van der Waals surface area contributed by atoms with Gasteiger partial charge in [-0.2, -0.15) is 0 Å². The van der Waals surface area contributed by atoms with E-state index in [2.05, 4.69) is 0 Å². The Balaban J connectivity index is 2.63. The first kappa shape index (κ1) is 8.30. The highest BCUT2D eigenvalue weighted by atomic mass is 16.1. The van der Waals surface area contributed by atoms with Crippen molar-refractivity contribution >= 4 is 11.5 Å². The molecule has 0 saturated heterocycles. The van der Waals surface area contributed by atoms with Gasteiger partial charge >= 0.3 is 0 Å². The molecule has 2 rings (SSSR count). The molecular weight excluding hydrogens is 162 g/mol. The minimum atomic E-state index is 0.277. The number of nitrogen functional groups attached to an aromatic ring is 1. The van der Waals surface area contributed by atoms with Gasteiger partial charge in [0.2, 0.25) is 0 Å². The van der Waals surface area contributed by atoms with Gasteiger partial charge in [0.15, 0.2) is 5.78 Å². The largest absolute Gasteiger partial charge is 0.399 e. The zero-order chi connectivity index (χ0) is 9.42. The standard InChI is InChI=1S/C11H13NO/c1-7-5-9(12)6-8-3-2-4-10(13)11(7)8/h5-6H,2-4,12H2,1H3. The highest BCUT2D eigenvalue weighted by Crippen LogP contribution is 2.26. The minimum absolute atomic E-state index is 0.277. The number of anilines is 1. The van der Waals surface area contributed by atoms with Gasteiger partial charge in [-0.05, 0) is 43.0 Å². The summed E-state index contributed by atoms with van der Waals surface area (Å²) >= 11 is 0. The van der Waals surface area contributed by atoms with Crippen LogP contribution in [0.1, 0.15) is 34.3 Å². The summed E-state index contributed by atoms with van der Waals surface area (Å²) in [6.07, 6.45) is 2.65. The van der Waals surface area contributed by atoms with E-state index < -0.39 is 0 Å². The van der Waals surface area contributed by atoms with E-state index in [1.54, 1.807) is 0 Å². The molecule has 0 amide bonds. The fraction of sp³-hybridized carbons (Fsp3) is 0.364. The Labute approximate surface area is 77.8 Å². The quantitative estimate of drug-likeness (QED) is 0.613. The van der Waals surface area contributed by atoms with Gasteiger partial charge < -0.3 is 5.73 Å². The topological polar surface area (TPSA) is 43.1 Å². The van der Waals surface area contributed by atoms with Gasteiger partial charge in [-0.1, -0.05) is 0 Å². The first-order chi connectivity index (χ1) is 6.18. The molecule has 0 radical (unpaired) electrons. The van der Waals surface area contributed by atoms with E-state index in [-0.39, 0.29) is 5.78 Å². The second-order valence-corrected chi connectivity index (χ2v) is 3.65. The molecule has 0 heterocycles. The average molecular weight is 175 g/mol. The Morgan fingerprint density at radius 2 is 2.08 bits per heavy atom. The van der Waals surface area contributed by atoms with Crippen molar-refractivity contribution in [2.45, 2.75) is 26.2 Å². The maximum Gasteiger partial charge on any atom is 0.163 e. The summed E-state index contributed by atoms with van der Waals surface area (Å²) in [6.45, 7) is 1.96. The van der Waals surface area contributed by atoms with Crippen LogP contribution in [0.5, 0.6) is 0 Å². The lowest BCUT2D eigenvalue weighted by atomic mass is 9.87. The van der Waals surface area contributed by atoms with Gasteiger partial charge in [-0.15, -0.1) is 0 Å². The van der Waals surface area contributed by atoms with Crippen molar-refractivity contribution < 1.29 is 4.79 Å². The number of aryl methyl sites for hydroxylation is 2. The summed E-state index contributed by atoms with van der Waals surface area (Å²) in [5.41, 5.74) is 9.56.